The molecule has 2 unspecified atom stereocenters. The Morgan fingerprint density at radius 2 is 1.89 bits per heavy atom. The lowest BCUT2D eigenvalue weighted by Crippen LogP contribution is -2.49. The predicted octanol–water partition coefficient (Wildman–Crippen LogP) is 5.93. The molecule has 13 heteroatoms. The predicted molar refractivity (Wildman–Crippen MR) is 166 cm³/mol. The van der Waals surface area contributed by atoms with Gasteiger partial charge in [-0.3, -0.25) is 14.4 Å². The Morgan fingerprint density at radius 3 is 2.62 bits per heavy atom. The normalized spacial score (nSPS) is 21.6. The summed E-state index contributed by atoms with van der Waals surface area (Å²) in [6.45, 7) is -0.0181. The van der Waals surface area contributed by atoms with E-state index in [0.717, 1.165) is 29.3 Å². The van der Waals surface area contributed by atoms with Gasteiger partial charge in [0.05, 0.1) is 18.0 Å². The summed E-state index contributed by atoms with van der Waals surface area (Å²) in [5.41, 5.74) is 4.27. The van der Waals surface area contributed by atoms with Crippen molar-refractivity contribution in [2.75, 3.05) is 11.9 Å². The van der Waals surface area contributed by atoms with Crippen molar-refractivity contribution in [3.63, 3.8) is 0 Å². The van der Waals surface area contributed by atoms with Crippen molar-refractivity contribution in [2.24, 2.45) is 17.6 Å². The third-order valence-corrected chi connectivity index (χ3v) is 8.56. The highest BCUT2D eigenvalue weighted by Gasteiger charge is 2.43. The highest BCUT2D eigenvalue weighted by atomic mass is 19.4. The summed E-state index contributed by atoms with van der Waals surface area (Å²) in [5, 5.41) is 13.5. The molecule has 2 amide bonds. The average Bonchev–Trinajstić information content (AvgIpc) is 3.68. The van der Waals surface area contributed by atoms with E-state index in [1.165, 1.54) is 4.90 Å². The van der Waals surface area contributed by atoms with Crippen LogP contribution in [0.15, 0.2) is 66.9 Å². The van der Waals surface area contributed by atoms with Crippen LogP contribution in [0, 0.1) is 17.7 Å². The molecule has 9 nitrogen and oxygen atoms in total. The molecule has 5 rings (SSSR count). The number of fused-ring (bicyclic) bond motifs is 1. The molecule has 1 aromatic heterocycles. The number of rotatable bonds is 14. The second-order valence-electron chi connectivity index (χ2n) is 12.1. The molecule has 2 heterocycles. The standard InChI is InChI=1S/C34H36F4N4O5/c35-23-15-22(34(36,37)38)16-24(17-23)41-28(11-5-3-1-2-4-9-21-14-27(21)33(45)46)32(44)42-19-25(18-29(42)30(39)43)47-31-26-10-7-6-8-20(26)12-13-40-31/h4,6-10,12-13,15-17,21,25,27-29,41H,1-3,5,11,14,18-19H2,(H2,39,43)(H,45,46)/b9-4-/t21-,25?,27+,28?,29+/m1/s1. The third-order valence-electron chi connectivity index (χ3n) is 8.56. The fourth-order valence-electron chi connectivity index (χ4n) is 6.00. The highest BCUT2D eigenvalue weighted by Crippen LogP contribution is 2.40. The Labute approximate surface area is 268 Å². The van der Waals surface area contributed by atoms with Gasteiger partial charge < -0.3 is 25.8 Å². The number of allylic oxidation sites excluding steroid dienone is 2. The first-order chi connectivity index (χ1) is 22.4. The molecule has 0 radical (unpaired) electrons. The molecular weight excluding hydrogens is 620 g/mol. The second-order valence-corrected chi connectivity index (χ2v) is 12.1. The maximum atomic E-state index is 14.2. The number of carbonyl (C=O) groups is 3. The van der Waals surface area contributed by atoms with Gasteiger partial charge in [0.2, 0.25) is 17.7 Å². The van der Waals surface area contributed by atoms with Crippen LogP contribution >= 0.6 is 0 Å². The molecule has 1 aliphatic carbocycles. The summed E-state index contributed by atoms with van der Waals surface area (Å²) < 4.78 is 60.7. The number of nitrogens with zero attached hydrogens (tertiary/aromatic N) is 2. The molecule has 1 saturated carbocycles. The monoisotopic (exact) mass is 656 g/mol. The Kier molecular flexibility index (Phi) is 10.3. The van der Waals surface area contributed by atoms with E-state index in [4.69, 9.17) is 15.6 Å². The third kappa shape index (κ3) is 8.57. The van der Waals surface area contributed by atoms with Crippen LogP contribution in [0.25, 0.3) is 10.8 Å². The maximum Gasteiger partial charge on any atom is 0.416 e. The molecule has 2 fully saturated rings. The van der Waals surface area contributed by atoms with E-state index in [-0.39, 0.29) is 36.9 Å². The molecular formula is C34H36F4N4O5. The zero-order valence-corrected chi connectivity index (χ0v) is 25.5. The molecule has 1 saturated heterocycles. The number of hydrogen-bond acceptors (Lipinski definition) is 6. The van der Waals surface area contributed by atoms with Gasteiger partial charge in [0, 0.05) is 23.7 Å². The van der Waals surface area contributed by atoms with Gasteiger partial charge in [-0.25, -0.2) is 9.37 Å². The number of aliphatic carboxylic acids is 1. The maximum absolute atomic E-state index is 14.2. The van der Waals surface area contributed by atoms with Gasteiger partial charge in [-0.05, 0) is 67.3 Å². The van der Waals surface area contributed by atoms with Gasteiger partial charge in [0.15, 0.2) is 0 Å². The number of amides is 2. The van der Waals surface area contributed by atoms with E-state index in [0.29, 0.717) is 37.6 Å². The van der Waals surface area contributed by atoms with Crippen molar-refractivity contribution in [3.8, 4) is 5.88 Å². The lowest BCUT2D eigenvalue weighted by Gasteiger charge is -2.28. The molecule has 1 aliphatic heterocycles. The van der Waals surface area contributed by atoms with Crippen LogP contribution in [-0.4, -0.2) is 57.5 Å². The fraction of sp³-hybridized carbons (Fsp3) is 0.412. The van der Waals surface area contributed by atoms with Crippen LogP contribution in [0.5, 0.6) is 5.88 Å². The number of primary amides is 1. The van der Waals surface area contributed by atoms with Crippen LogP contribution in [-0.2, 0) is 20.6 Å². The van der Waals surface area contributed by atoms with Crippen LogP contribution in [0.4, 0.5) is 23.2 Å². The van der Waals surface area contributed by atoms with E-state index in [2.05, 4.69) is 10.3 Å². The summed E-state index contributed by atoms with van der Waals surface area (Å²) in [4.78, 5) is 43.1. The Bertz CT molecular complexity index is 1640. The van der Waals surface area contributed by atoms with Crippen LogP contribution in [0.2, 0.25) is 0 Å². The number of alkyl halides is 3. The van der Waals surface area contributed by atoms with Crippen LogP contribution in [0.1, 0.15) is 50.5 Å². The van der Waals surface area contributed by atoms with Gasteiger partial charge in [-0.2, -0.15) is 13.2 Å². The minimum absolute atomic E-state index is 0.0181. The van der Waals surface area contributed by atoms with Gasteiger partial charge in [-0.1, -0.05) is 43.2 Å². The number of hydrogen-bond donors (Lipinski definition) is 3. The molecule has 2 aromatic carbocycles. The first-order valence-corrected chi connectivity index (χ1v) is 15.5. The average molecular weight is 657 g/mol. The lowest BCUT2D eigenvalue weighted by molar-refractivity contribution is -0.139. The number of nitrogens with two attached hydrogens (primary N) is 1. The van der Waals surface area contributed by atoms with Gasteiger partial charge in [0.1, 0.15) is 24.0 Å². The van der Waals surface area contributed by atoms with E-state index in [9.17, 15) is 31.9 Å². The zero-order chi connectivity index (χ0) is 33.7. The highest BCUT2D eigenvalue weighted by molar-refractivity contribution is 5.91. The van der Waals surface area contributed by atoms with E-state index in [1.54, 1.807) is 6.20 Å². The van der Waals surface area contributed by atoms with Gasteiger partial charge in [0.25, 0.3) is 0 Å². The minimum atomic E-state index is -4.80. The number of benzene rings is 2. The number of nitrogens with one attached hydrogen (secondary N) is 1. The molecule has 47 heavy (non-hydrogen) atoms. The zero-order valence-electron chi connectivity index (χ0n) is 25.5. The largest absolute Gasteiger partial charge is 0.481 e. The number of pyridine rings is 1. The number of carbonyl (C=O) groups excluding carboxylic acids is 2. The van der Waals surface area contributed by atoms with Gasteiger partial charge >= 0.3 is 12.1 Å². The van der Waals surface area contributed by atoms with Crippen molar-refractivity contribution in [1.82, 2.24) is 9.88 Å². The summed E-state index contributed by atoms with van der Waals surface area (Å²) >= 11 is 0. The topological polar surface area (TPSA) is 135 Å². The van der Waals surface area contributed by atoms with Gasteiger partial charge in [-0.15, -0.1) is 0 Å². The minimum Gasteiger partial charge on any atom is -0.481 e. The van der Waals surface area contributed by atoms with E-state index < -0.39 is 53.5 Å². The van der Waals surface area contributed by atoms with Crippen LogP contribution in [0.3, 0.4) is 0 Å². The number of halogens is 4. The van der Waals surface area contributed by atoms with Crippen molar-refractivity contribution < 1.29 is 41.8 Å². The van der Waals surface area contributed by atoms with Crippen molar-refractivity contribution in [2.45, 2.75) is 69.3 Å². The number of carboxylic acids is 1. The summed E-state index contributed by atoms with van der Waals surface area (Å²) in [7, 11) is 0. The number of likely N-dealkylation sites (tertiary alicyclic amines) is 1. The molecule has 250 valence electrons. The number of ether oxygens (including phenoxy) is 1. The number of aromatic nitrogens is 1. The summed E-state index contributed by atoms with van der Waals surface area (Å²) in [5.74, 6) is -3.20. The van der Waals surface area contributed by atoms with E-state index >= 15 is 0 Å². The molecule has 5 atom stereocenters. The molecule has 4 N–H and O–H groups in total. The SMILES string of the molecule is NC(=O)[C@@H]1CC(Oc2nccc3ccccc23)CN1C(=O)C(CCCCC/C=C\[C@@H]1C[C@@H]1C(=O)O)Nc1cc(F)cc(C(F)(F)F)c1. The summed E-state index contributed by atoms with van der Waals surface area (Å²) in [6, 6.07) is 9.14. The summed E-state index contributed by atoms with van der Waals surface area (Å²) in [6.07, 6.45) is 3.48. The molecule has 3 aromatic rings. The molecule has 0 spiro atoms. The van der Waals surface area contributed by atoms with Crippen molar-refractivity contribution in [3.05, 3.63) is 78.3 Å². The number of unbranched alkanes of at least 4 members (excludes halogenated alkanes) is 3. The fourth-order valence-corrected chi connectivity index (χ4v) is 6.00. The van der Waals surface area contributed by atoms with E-state index in [1.807, 2.05) is 42.5 Å². The quantitative estimate of drug-likeness (QED) is 0.111. The van der Waals surface area contributed by atoms with Crippen LogP contribution < -0.4 is 15.8 Å². The molecule has 2 aliphatic rings. The Balaban J connectivity index is 1.29. The first kappa shape index (κ1) is 33.7. The number of anilines is 1. The van der Waals surface area contributed by atoms with Crippen molar-refractivity contribution in [1.29, 1.82) is 0 Å². The van der Waals surface area contributed by atoms with Crippen molar-refractivity contribution >= 4 is 34.2 Å². The second kappa shape index (κ2) is 14.4. The number of carboxylic acid groups (broad SMARTS) is 1. The Morgan fingerprint density at radius 1 is 1.11 bits per heavy atom. The first-order valence-electron chi connectivity index (χ1n) is 15.5. The smallest absolute Gasteiger partial charge is 0.416 e. The molecule has 0 bridgehead atoms. The Hall–Kier alpha value is -4.68. The lowest BCUT2D eigenvalue weighted by atomic mass is 10.0.